The molecule has 6 heteroatoms. The maximum absolute atomic E-state index is 14.6. The summed E-state index contributed by atoms with van der Waals surface area (Å²) < 4.78 is 16.6. The first-order valence-electron chi connectivity index (χ1n) is 12.4. The Morgan fingerprint density at radius 3 is 2.31 bits per heavy atom. The molecule has 0 atom stereocenters. The minimum atomic E-state index is -0.725. The van der Waals surface area contributed by atoms with Gasteiger partial charge in [0.1, 0.15) is 5.82 Å². The molecule has 2 N–H and O–H groups in total. The molecule has 1 amide bonds. The Kier molecular flexibility index (Phi) is 5.40. The summed E-state index contributed by atoms with van der Waals surface area (Å²) in [5.41, 5.74) is 4.45. The zero-order valence-electron chi connectivity index (χ0n) is 19.8. The van der Waals surface area contributed by atoms with E-state index >= 15 is 0 Å². The van der Waals surface area contributed by atoms with Crippen LogP contribution >= 0.6 is 0 Å². The number of nitrogens with zero attached hydrogens (tertiary/aromatic N) is 1. The minimum absolute atomic E-state index is 0.0290. The average molecular weight is 483 g/mol. The summed E-state index contributed by atoms with van der Waals surface area (Å²) in [5.74, 6) is -1.54. The quantitative estimate of drug-likeness (QED) is 0.361. The molecule has 2 aliphatic rings. The van der Waals surface area contributed by atoms with Crippen LogP contribution in [0.5, 0.6) is 0 Å². The number of halogens is 1. The van der Waals surface area contributed by atoms with Gasteiger partial charge in [0.25, 0.3) is 5.91 Å². The van der Waals surface area contributed by atoms with Crippen molar-refractivity contribution in [2.45, 2.75) is 38.3 Å². The Balaban J connectivity index is 1.19. The molecule has 182 valence electrons. The van der Waals surface area contributed by atoms with E-state index in [1.54, 1.807) is 12.1 Å². The van der Waals surface area contributed by atoms with E-state index in [2.05, 4.69) is 41.7 Å². The molecule has 2 saturated carbocycles. The maximum Gasteiger partial charge on any atom is 0.306 e. The molecule has 5 nitrogen and oxygen atoms in total. The molecule has 0 unspecified atom stereocenters. The number of nitrogens with one attached hydrogen (secondary N) is 1. The summed E-state index contributed by atoms with van der Waals surface area (Å²) in [6.45, 7) is 0.519. The summed E-state index contributed by atoms with van der Waals surface area (Å²) in [4.78, 5) is 24.3. The largest absolute Gasteiger partial charge is 0.481 e. The SMILES string of the molecule is O=C(NC1CC2(C1)CC(C(=O)O)C2)c1ccc(F)c2ccn(Cc3ccc(-c4ccccc4)cc3)c12. The van der Waals surface area contributed by atoms with Crippen molar-refractivity contribution in [2.24, 2.45) is 11.3 Å². The van der Waals surface area contributed by atoms with E-state index < -0.39 is 5.97 Å². The van der Waals surface area contributed by atoms with Crippen LogP contribution in [0.4, 0.5) is 4.39 Å². The smallest absolute Gasteiger partial charge is 0.306 e. The zero-order valence-corrected chi connectivity index (χ0v) is 19.8. The minimum Gasteiger partial charge on any atom is -0.481 e. The lowest BCUT2D eigenvalue weighted by atomic mass is 9.50. The Bertz CT molecular complexity index is 1450. The number of aromatic nitrogens is 1. The number of carbonyl (C=O) groups is 2. The van der Waals surface area contributed by atoms with Crippen molar-refractivity contribution >= 4 is 22.8 Å². The number of fused-ring (bicyclic) bond motifs is 1. The van der Waals surface area contributed by atoms with Crippen LogP contribution in [0.15, 0.2) is 79.0 Å². The molecular formula is C30H27FN2O3. The second kappa shape index (κ2) is 8.63. The Labute approximate surface area is 208 Å². The van der Waals surface area contributed by atoms with Gasteiger partial charge in [0.05, 0.1) is 17.0 Å². The number of aliphatic carboxylic acids is 1. The fourth-order valence-corrected chi connectivity index (χ4v) is 6.08. The molecule has 1 aromatic heterocycles. The molecule has 4 aromatic rings. The second-order valence-corrected chi connectivity index (χ2v) is 10.4. The summed E-state index contributed by atoms with van der Waals surface area (Å²) in [7, 11) is 0. The fourth-order valence-electron chi connectivity index (χ4n) is 6.08. The van der Waals surface area contributed by atoms with Gasteiger partial charge in [-0.25, -0.2) is 4.39 Å². The van der Waals surface area contributed by atoms with Crippen molar-refractivity contribution < 1.29 is 19.1 Å². The van der Waals surface area contributed by atoms with Gasteiger partial charge >= 0.3 is 5.97 Å². The number of carboxylic acids is 1. The lowest BCUT2D eigenvalue weighted by molar-refractivity contribution is -0.155. The van der Waals surface area contributed by atoms with Crippen molar-refractivity contribution in [2.75, 3.05) is 0 Å². The maximum atomic E-state index is 14.6. The van der Waals surface area contributed by atoms with E-state index in [0.29, 0.717) is 35.9 Å². The number of amides is 1. The van der Waals surface area contributed by atoms with E-state index in [-0.39, 0.29) is 29.1 Å². The van der Waals surface area contributed by atoms with Crippen molar-refractivity contribution in [1.82, 2.24) is 9.88 Å². The topological polar surface area (TPSA) is 71.3 Å². The Hall–Kier alpha value is -3.93. The lowest BCUT2D eigenvalue weighted by Crippen LogP contribution is -2.57. The lowest BCUT2D eigenvalue weighted by Gasteiger charge is -2.56. The van der Waals surface area contributed by atoms with Gasteiger partial charge in [-0.1, -0.05) is 54.6 Å². The third kappa shape index (κ3) is 3.96. The number of rotatable bonds is 6. The van der Waals surface area contributed by atoms with Crippen molar-refractivity contribution in [3.63, 3.8) is 0 Å². The van der Waals surface area contributed by atoms with Crippen LogP contribution in [-0.4, -0.2) is 27.6 Å². The van der Waals surface area contributed by atoms with Gasteiger partial charge in [-0.3, -0.25) is 9.59 Å². The predicted molar refractivity (Wildman–Crippen MR) is 136 cm³/mol. The Morgan fingerprint density at radius 2 is 1.61 bits per heavy atom. The highest BCUT2D eigenvalue weighted by atomic mass is 19.1. The van der Waals surface area contributed by atoms with Crippen LogP contribution in [0.2, 0.25) is 0 Å². The van der Waals surface area contributed by atoms with E-state index in [0.717, 1.165) is 29.5 Å². The van der Waals surface area contributed by atoms with Crippen molar-refractivity contribution in [3.8, 4) is 11.1 Å². The van der Waals surface area contributed by atoms with Crippen molar-refractivity contribution in [3.05, 3.63) is 95.9 Å². The molecule has 2 aliphatic carbocycles. The first-order chi connectivity index (χ1) is 17.4. The number of carboxylic acid groups (broad SMARTS) is 1. The number of benzene rings is 3. The highest BCUT2D eigenvalue weighted by Gasteiger charge is 2.55. The summed E-state index contributed by atoms with van der Waals surface area (Å²) >= 11 is 0. The second-order valence-electron chi connectivity index (χ2n) is 10.4. The average Bonchev–Trinajstić information content (AvgIpc) is 3.25. The molecule has 0 bridgehead atoms. The van der Waals surface area contributed by atoms with E-state index in [9.17, 15) is 14.0 Å². The standard InChI is InChI=1S/C30H27FN2O3/c31-26-11-10-25(28(34)32-23-16-30(17-23)14-22(15-30)29(35)36)27-24(26)12-13-33(27)18-19-6-8-21(9-7-19)20-4-2-1-3-5-20/h1-13,22-23H,14-18H2,(H,32,34)(H,35,36). The number of hydrogen-bond donors (Lipinski definition) is 2. The molecule has 2 fully saturated rings. The van der Waals surface area contributed by atoms with E-state index in [1.807, 2.05) is 29.0 Å². The molecule has 0 radical (unpaired) electrons. The number of hydrogen-bond acceptors (Lipinski definition) is 2. The van der Waals surface area contributed by atoms with Crippen LogP contribution in [0.3, 0.4) is 0 Å². The molecule has 3 aromatic carbocycles. The van der Waals surface area contributed by atoms with Crippen molar-refractivity contribution in [1.29, 1.82) is 0 Å². The van der Waals surface area contributed by atoms with Gasteiger partial charge in [0, 0.05) is 24.2 Å². The monoisotopic (exact) mass is 482 g/mol. The molecule has 36 heavy (non-hydrogen) atoms. The summed E-state index contributed by atoms with van der Waals surface area (Å²) in [6, 6.07) is 23.1. The molecule has 1 heterocycles. The highest BCUT2D eigenvalue weighted by molar-refractivity contribution is 6.06. The third-order valence-electron chi connectivity index (χ3n) is 7.93. The van der Waals surface area contributed by atoms with Gasteiger partial charge in [-0.15, -0.1) is 0 Å². The zero-order chi connectivity index (χ0) is 24.9. The van der Waals surface area contributed by atoms with Gasteiger partial charge in [-0.2, -0.15) is 0 Å². The van der Waals surface area contributed by atoms with E-state index in [1.165, 1.54) is 6.07 Å². The molecular weight excluding hydrogens is 455 g/mol. The fraction of sp³-hybridized carbons (Fsp3) is 0.267. The summed E-state index contributed by atoms with van der Waals surface area (Å²) in [5, 5.41) is 12.7. The van der Waals surface area contributed by atoms with Gasteiger partial charge < -0.3 is 15.0 Å². The van der Waals surface area contributed by atoms with Crippen LogP contribution in [0.25, 0.3) is 22.0 Å². The van der Waals surface area contributed by atoms with Gasteiger partial charge in [-0.05, 0) is 66.0 Å². The Morgan fingerprint density at radius 1 is 0.917 bits per heavy atom. The molecule has 6 rings (SSSR count). The van der Waals surface area contributed by atoms with Crippen LogP contribution in [-0.2, 0) is 11.3 Å². The first-order valence-corrected chi connectivity index (χ1v) is 12.4. The third-order valence-corrected chi connectivity index (χ3v) is 7.93. The highest BCUT2D eigenvalue weighted by Crippen LogP contribution is 2.58. The predicted octanol–water partition coefficient (Wildman–Crippen LogP) is 5.87. The number of carbonyl (C=O) groups excluding carboxylic acids is 1. The van der Waals surface area contributed by atoms with Crippen LogP contribution in [0, 0.1) is 17.2 Å². The first kappa shape index (κ1) is 22.5. The van der Waals surface area contributed by atoms with E-state index in [4.69, 9.17) is 5.11 Å². The van der Waals surface area contributed by atoms with Crippen LogP contribution < -0.4 is 5.32 Å². The molecule has 1 spiro atoms. The normalized spacial score (nSPS) is 22.7. The van der Waals surface area contributed by atoms with Gasteiger partial charge in [0.15, 0.2) is 0 Å². The van der Waals surface area contributed by atoms with Crippen LogP contribution in [0.1, 0.15) is 41.6 Å². The van der Waals surface area contributed by atoms with Gasteiger partial charge in [0.2, 0.25) is 0 Å². The summed E-state index contributed by atoms with van der Waals surface area (Å²) in [6.07, 6.45) is 4.83. The molecule has 0 saturated heterocycles. The molecule has 0 aliphatic heterocycles.